The highest BCUT2D eigenvalue weighted by Crippen LogP contribution is 2.27. The summed E-state index contributed by atoms with van der Waals surface area (Å²) in [5.74, 6) is 0.522. The third kappa shape index (κ3) is 5.76. The van der Waals surface area contributed by atoms with Gasteiger partial charge in [0.1, 0.15) is 11.6 Å². The molecule has 0 radical (unpaired) electrons. The van der Waals surface area contributed by atoms with Crippen molar-refractivity contribution in [1.29, 1.82) is 0 Å². The third-order valence-corrected chi connectivity index (χ3v) is 6.04. The van der Waals surface area contributed by atoms with Crippen LogP contribution in [0.3, 0.4) is 0 Å². The van der Waals surface area contributed by atoms with Crippen LogP contribution in [0.25, 0.3) is 10.8 Å². The molecular formula is C21H23ClN4O2S. The van der Waals surface area contributed by atoms with Crippen molar-refractivity contribution in [2.75, 3.05) is 12.3 Å². The van der Waals surface area contributed by atoms with Crippen LogP contribution in [0.15, 0.2) is 36.5 Å². The number of anilines is 1. The minimum atomic E-state index is -0.158. The largest absolute Gasteiger partial charge is 0.383 e. The molecule has 152 valence electrons. The molecule has 2 aromatic heterocycles. The molecule has 0 aliphatic rings. The number of nitrogens with zero attached hydrogens (tertiary/aromatic N) is 1. The van der Waals surface area contributed by atoms with E-state index in [2.05, 4.69) is 15.6 Å². The second kappa shape index (κ2) is 9.82. The molecule has 0 spiro atoms. The second-order valence-corrected chi connectivity index (χ2v) is 8.34. The van der Waals surface area contributed by atoms with Gasteiger partial charge in [-0.25, -0.2) is 4.98 Å². The van der Waals surface area contributed by atoms with E-state index in [9.17, 15) is 9.59 Å². The zero-order valence-electron chi connectivity index (χ0n) is 16.1. The average Bonchev–Trinajstić information content (AvgIpc) is 3.06. The number of thiophene rings is 1. The van der Waals surface area contributed by atoms with Crippen LogP contribution in [-0.2, 0) is 17.9 Å². The molecule has 0 saturated heterocycles. The molecule has 0 aliphatic heterocycles. The van der Waals surface area contributed by atoms with Crippen LogP contribution in [0.2, 0.25) is 5.02 Å². The summed E-state index contributed by atoms with van der Waals surface area (Å²) in [5, 5.41) is 8.65. The number of halogens is 1. The summed E-state index contributed by atoms with van der Waals surface area (Å²) in [4.78, 5) is 29.0. The summed E-state index contributed by atoms with van der Waals surface area (Å²) in [6.07, 6.45) is 3.03. The van der Waals surface area contributed by atoms with Crippen molar-refractivity contribution in [2.24, 2.45) is 0 Å². The van der Waals surface area contributed by atoms with E-state index in [-0.39, 0.29) is 11.7 Å². The van der Waals surface area contributed by atoms with Gasteiger partial charge in [0.2, 0.25) is 0 Å². The number of nitrogens with one attached hydrogen (secondary N) is 2. The number of fused-ring (bicyclic) bond motifs is 1. The fourth-order valence-corrected chi connectivity index (χ4v) is 4.23. The maximum absolute atomic E-state index is 12.5. The van der Waals surface area contributed by atoms with Gasteiger partial charge in [0.05, 0.1) is 9.90 Å². The summed E-state index contributed by atoms with van der Waals surface area (Å²) in [5.41, 5.74) is 6.85. The number of carbonyl (C=O) groups excluding carboxylic acids is 2. The van der Waals surface area contributed by atoms with Crippen molar-refractivity contribution in [3.8, 4) is 0 Å². The molecule has 1 amide bonds. The number of hydrogen-bond donors (Lipinski definition) is 3. The molecule has 6 nitrogen and oxygen atoms in total. The lowest BCUT2D eigenvalue weighted by Crippen LogP contribution is -2.21. The van der Waals surface area contributed by atoms with Crippen molar-refractivity contribution in [3.63, 3.8) is 0 Å². The normalized spacial score (nSPS) is 11.0. The summed E-state index contributed by atoms with van der Waals surface area (Å²) in [6.45, 7) is 3.31. The molecule has 8 heteroatoms. The van der Waals surface area contributed by atoms with E-state index in [0.717, 1.165) is 34.2 Å². The molecule has 0 fully saturated rings. The van der Waals surface area contributed by atoms with E-state index in [1.807, 2.05) is 24.3 Å². The van der Waals surface area contributed by atoms with Crippen LogP contribution >= 0.6 is 22.9 Å². The number of nitrogen functional groups attached to an aromatic ring is 1. The summed E-state index contributed by atoms with van der Waals surface area (Å²) in [7, 11) is 0. The van der Waals surface area contributed by atoms with Gasteiger partial charge in [-0.2, -0.15) is 0 Å². The first-order chi connectivity index (χ1) is 13.9. The number of amides is 1. The number of Topliss-reactive ketones (excluding diaryl/α,β-unsaturated/α-hetero) is 1. The topological polar surface area (TPSA) is 97.1 Å². The number of rotatable bonds is 9. The fraction of sp³-hybridized carbons (Fsp3) is 0.286. The Bertz CT molecular complexity index is 1030. The first kappa shape index (κ1) is 21.2. The predicted octanol–water partition coefficient (Wildman–Crippen LogP) is 3.92. The maximum atomic E-state index is 12.5. The molecular weight excluding hydrogens is 408 g/mol. The number of benzene rings is 1. The Morgan fingerprint density at radius 2 is 2.03 bits per heavy atom. The number of ketones is 1. The van der Waals surface area contributed by atoms with Gasteiger partial charge in [-0.1, -0.05) is 23.7 Å². The minimum Gasteiger partial charge on any atom is -0.383 e. The quantitative estimate of drug-likeness (QED) is 0.447. The molecule has 29 heavy (non-hydrogen) atoms. The zero-order chi connectivity index (χ0) is 20.8. The van der Waals surface area contributed by atoms with Gasteiger partial charge in [0.15, 0.2) is 0 Å². The lowest BCUT2D eigenvalue weighted by atomic mass is 10.1. The van der Waals surface area contributed by atoms with E-state index in [4.69, 9.17) is 17.3 Å². The van der Waals surface area contributed by atoms with Crippen LogP contribution in [0.5, 0.6) is 0 Å². The van der Waals surface area contributed by atoms with Crippen LogP contribution in [0, 0.1) is 0 Å². The van der Waals surface area contributed by atoms with E-state index in [1.54, 1.807) is 19.2 Å². The molecule has 1 aromatic carbocycles. The van der Waals surface area contributed by atoms with Gasteiger partial charge < -0.3 is 21.2 Å². The van der Waals surface area contributed by atoms with E-state index in [1.165, 1.54) is 11.3 Å². The monoisotopic (exact) mass is 430 g/mol. The Hall–Kier alpha value is -2.48. The lowest BCUT2D eigenvalue weighted by molar-refractivity contribution is -0.117. The number of aromatic nitrogens is 1. The van der Waals surface area contributed by atoms with Crippen LogP contribution in [0.1, 0.15) is 39.9 Å². The third-order valence-electron chi connectivity index (χ3n) is 4.46. The highest BCUT2D eigenvalue weighted by Gasteiger charge is 2.13. The Labute approximate surface area is 178 Å². The highest BCUT2D eigenvalue weighted by atomic mass is 35.5. The molecule has 0 saturated carbocycles. The maximum Gasteiger partial charge on any atom is 0.261 e. The van der Waals surface area contributed by atoms with Crippen molar-refractivity contribution in [2.45, 2.75) is 32.9 Å². The minimum absolute atomic E-state index is 0.158. The molecule has 0 aliphatic carbocycles. The Morgan fingerprint density at radius 3 is 2.83 bits per heavy atom. The lowest BCUT2D eigenvalue weighted by Gasteiger charge is -2.06. The molecule has 0 bridgehead atoms. The zero-order valence-corrected chi connectivity index (χ0v) is 17.7. The molecule has 2 heterocycles. The molecule has 3 rings (SSSR count). The smallest absolute Gasteiger partial charge is 0.261 e. The van der Waals surface area contributed by atoms with Crippen LogP contribution < -0.4 is 16.4 Å². The Balaban J connectivity index is 1.55. The Kier molecular flexibility index (Phi) is 7.19. The van der Waals surface area contributed by atoms with Gasteiger partial charge in [-0.15, -0.1) is 11.3 Å². The van der Waals surface area contributed by atoms with E-state index >= 15 is 0 Å². The van der Waals surface area contributed by atoms with Crippen molar-refractivity contribution in [1.82, 2.24) is 15.6 Å². The number of nitrogens with two attached hydrogens (primary N) is 1. The van der Waals surface area contributed by atoms with Crippen LogP contribution in [0.4, 0.5) is 5.82 Å². The van der Waals surface area contributed by atoms with Gasteiger partial charge in [-0.05, 0) is 49.0 Å². The van der Waals surface area contributed by atoms with Gasteiger partial charge in [-0.3, -0.25) is 4.79 Å². The highest BCUT2D eigenvalue weighted by molar-refractivity contribution is 7.14. The molecule has 0 unspecified atom stereocenters. The number of carbonyl (C=O) groups is 2. The summed E-state index contributed by atoms with van der Waals surface area (Å²) < 4.78 is 0. The van der Waals surface area contributed by atoms with Crippen LogP contribution in [-0.4, -0.2) is 23.2 Å². The van der Waals surface area contributed by atoms with Crippen molar-refractivity contribution in [3.05, 3.63) is 56.9 Å². The first-order valence-electron chi connectivity index (χ1n) is 9.33. The fourth-order valence-electron chi connectivity index (χ4n) is 2.93. The van der Waals surface area contributed by atoms with E-state index < -0.39 is 0 Å². The van der Waals surface area contributed by atoms with Gasteiger partial charge in [0, 0.05) is 36.0 Å². The predicted molar refractivity (Wildman–Crippen MR) is 118 cm³/mol. The molecule has 4 N–H and O–H groups in total. The SMILES string of the molecule is CC(=O)CCCNCc1sc(C(=O)NCc2ccc3c(N)nccc3c2)cc1Cl. The summed E-state index contributed by atoms with van der Waals surface area (Å²) in [6, 6.07) is 9.42. The Morgan fingerprint density at radius 1 is 1.21 bits per heavy atom. The van der Waals surface area contributed by atoms with Gasteiger partial charge in [0.25, 0.3) is 5.91 Å². The molecule has 3 aromatic rings. The van der Waals surface area contributed by atoms with E-state index in [0.29, 0.717) is 35.2 Å². The second-order valence-electron chi connectivity index (χ2n) is 6.80. The number of hydrogen-bond acceptors (Lipinski definition) is 6. The van der Waals surface area contributed by atoms with Crippen molar-refractivity contribution >= 4 is 51.2 Å². The first-order valence-corrected chi connectivity index (χ1v) is 10.5. The van der Waals surface area contributed by atoms with Gasteiger partial charge >= 0.3 is 0 Å². The molecule has 0 atom stereocenters. The number of pyridine rings is 1. The average molecular weight is 431 g/mol. The standard InChI is InChI=1S/C21H23ClN4O2S/c1-13(27)3-2-7-24-12-19-17(22)10-18(29-19)21(28)26-11-14-4-5-16-15(9-14)6-8-25-20(16)23/h4-6,8-10,24H,2-3,7,11-12H2,1H3,(H2,23,25)(H,26,28). The summed E-state index contributed by atoms with van der Waals surface area (Å²) >= 11 is 7.64. The van der Waals surface area contributed by atoms with Crippen molar-refractivity contribution < 1.29 is 9.59 Å².